The van der Waals surface area contributed by atoms with Crippen molar-refractivity contribution in [2.24, 2.45) is 0 Å². The number of rotatable bonds is 2. The molecule has 0 aliphatic carbocycles. The van der Waals surface area contributed by atoms with Gasteiger partial charge in [0, 0.05) is 0 Å². The largest absolute Gasteiger partial charge is 0.619 e. The summed E-state index contributed by atoms with van der Waals surface area (Å²) in [6.45, 7) is -1.29. The van der Waals surface area contributed by atoms with Crippen LogP contribution < -0.4 is 4.89 Å². The van der Waals surface area contributed by atoms with Crippen LogP contribution in [0.3, 0.4) is 0 Å². The van der Waals surface area contributed by atoms with Gasteiger partial charge in [-0.05, 0) is 0 Å². The van der Waals surface area contributed by atoms with E-state index in [0.29, 0.717) is 11.0 Å². The second kappa shape index (κ2) is 3.79. The number of aliphatic hydroxyl groups is 1. The Kier molecular flexibility index (Phi) is 3.99. The van der Waals surface area contributed by atoms with Crippen LogP contribution in [0, 0.1) is 0 Å². The molecule has 0 aromatic heterocycles. The van der Waals surface area contributed by atoms with Crippen LogP contribution in [0.5, 0.6) is 0 Å². The summed E-state index contributed by atoms with van der Waals surface area (Å²) in [6, 6.07) is 0. The maximum atomic E-state index is 10.6. The van der Waals surface area contributed by atoms with Crippen molar-refractivity contribution in [3.05, 3.63) is 0 Å². The standard InChI is InChI=1S/C5H11BrNO2P/c1-7(2,3)4-5(8)10(6)9/h4H2,1-3H3/p+1. The van der Waals surface area contributed by atoms with Crippen molar-refractivity contribution >= 4 is 27.4 Å². The van der Waals surface area contributed by atoms with E-state index in [-0.39, 0.29) is 5.48 Å². The van der Waals surface area contributed by atoms with Gasteiger partial charge in [-0.3, -0.25) is 0 Å². The molecule has 0 saturated heterocycles. The molecule has 1 atom stereocenters. The Morgan fingerprint density at radius 1 is 1.60 bits per heavy atom. The van der Waals surface area contributed by atoms with E-state index in [2.05, 4.69) is 15.5 Å². The summed E-state index contributed by atoms with van der Waals surface area (Å²) >= 11 is 2.80. The molecule has 5 heteroatoms. The molecule has 0 bridgehead atoms. The molecule has 0 rings (SSSR count). The molecular formula is C5H12BrNO2P+. The summed E-state index contributed by atoms with van der Waals surface area (Å²) in [6.07, 6.45) is 0. The van der Waals surface area contributed by atoms with Gasteiger partial charge in [-0.15, -0.1) is 0 Å². The second-order valence-electron chi connectivity index (χ2n) is 3.11. The summed E-state index contributed by atoms with van der Waals surface area (Å²) < 4.78 is 0.582. The monoisotopic (exact) mass is 228 g/mol. The number of nitrogens with zero attached hydrogens (tertiary/aromatic N) is 1. The molecule has 0 aromatic carbocycles. The van der Waals surface area contributed by atoms with Crippen LogP contribution >= 0.6 is 22.0 Å². The average Bonchev–Trinajstić information content (AvgIpc) is 1.60. The van der Waals surface area contributed by atoms with Gasteiger partial charge in [0.25, 0.3) is 5.48 Å². The normalized spacial score (nSPS) is 15.0. The molecule has 0 amide bonds. The maximum Gasteiger partial charge on any atom is 0.286 e. The molecule has 0 aromatic rings. The molecule has 0 heterocycles. The van der Waals surface area contributed by atoms with Crippen LogP contribution in [0.25, 0.3) is 0 Å². The SMILES string of the molecule is C[N+](C)(C)C/C(O)=[P+](\[O-])Br. The van der Waals surface area contributed by atoms with Crippen molar-refractivity contribution in [3.63, 3.8) is 0 Å². The number of aliphatic hydroxyl groups excluding tert-OH is 1. The van der Waals surface area contributed by atoms with E-state index < -0.39 is 6.47 Å². The Labute approximate surface area is 70.1 Å². The van der Waals surface area contributed by atoms with E-state index in [9.17, 15) is 4.89 Å². The van der Waals surface area contributed by atoms with Crippen LogP contribution in [0.2, 0.25) is 0 Å². The van der Waals surface area contributed by atoms with Crippen LogP contribution in [0.1, 0.15) is 0 Å². The van der Waals surface area contributed by atoms with Crippen molar-refractivity contribution in [2.45, 2.75) is 0 Å². The van der Waals surface area contributed by atoms with E-state index in [1.165, 1.54) is 0 Å². The summed E-state index contributed by atoms with van der Waals surface area (Å²) in [4.78, 5) is 10.6. The zero-order valence-electron chi connectivity index (χ0n) is 6.33. The molecular weight excluding hydrogens is 217 g/mol. The van der Waals surface area contributed by atoms with Crippen molar-refractivity contribution < 1.29 is 14.5 Å². The Hall–Kier alpha value is 0.530. The minimum absolute atomic E-state index is 0.0162. The second-order valence-corrected chi connectivity index (χ2v) is 6.05. The van der Waals surface area contributed by atoms with Gasteiger partial charge >= 0.3 is 0 Å². The Balaban J connectivity index is 4.06. The highest BCUT2D eigenvalue weighted by molar-refractivity contribution is 9.38. The fraction of sp³-hybridized carbons (Fsp3) is 0.800. The van der Waals surface area contributed by atoms with E-state index in [1.54, 1.807) is 0 Å². The molecule has 1 N–H and O–H groups in total. The van der Waals surface area contributed by atoms with Crippen LogP contribution in [0.15, 0.2) is 0 Å². The molecule has 60 valence electrons. The first-order chi connectivity index (χ1) is 4.33. The van der Waals surface area contributed by atoms with Gasteiger partial charge < -0.3 is 14.5 Å². The first-order valence-electron chi connectivity index (χ1n) is 2.81. The van der Waals surface area contributed by atoms with Gasteiger partial charge in [0.15, 0.2) is 13.0 Å². The molecule has 0 radical (unpaired) electrons. The fourth-order valence-electron chi connectivity index (χ4n) is 0.480. The number of hydrogen-bond acceptors (Lipinski definition) is 1. The zero-order valence-corrected chi connectivity index (χ0v) is 8.82. The quantitative estimate of drug-likeness (QED) is 0.545. The Morgan fingerprint density at radius 2 is 2.00 bits per heavy atom. The third-order valence-electron chi connectivity index (χ3n) is 0.819. The van der Waals surface area contributed by atoms with Gasteiger partial charge in [0.05, 0.1) is 21.1 Å². The zero-order chi connectivity index (χ0) is 8.36. The molecule has 0 spiro atoms. The van der Waals surface area contributed by atoms with Crippen molar-refractivity contribution in [2.75, 3.05) is 27.7 Å². The fourth-order valence-corrected chi connectivity index (χ4v) is 1.35. The summed E-state index contributed by atoms with van der Waals surface area (Å²) in [5.74, 6) is 0. The maximum absolute atomic E-state index is 10.6. The Bertz CT molecular complexity index is 148. The van der Waals surface area contributed by atoms with Gasteiger partial charge in [0.1, 0.15) is 0 Å². The summed E-state index contributed by atoms with van der Waals surface area (Å²) in [5, 5.41) is 9.03. The lowest BCUT2D eigenvalue weighted by Gasteiger charge is -2.21. The van der Waals surface area contributed by atoms with Gasteiger partial charge in [-0.2, -0.15) is 0 Å². The number of hydrogen-bond donors (Lipinski definition) is 1. The third kappa shape index (κ3) is 5.33. The van der Waals surface area contributed by atoms with Crippen LogP contribution in [-0.2, 0) is 0 Å². The highest BCUT2D eigenvalue weighted by Crippen LogP contribution is 2.22. The van der Waals surface area contributed by atoms with E-state index in [4.69, 9.17) is 5.11 Å². The smallest absolute Gasteiger partial charge is 0.286 e. The topological polar surface area (TPSA) is 43.3 Å². The minimum atomic E-state index is -1.71. The number of halogens is 1. The molecule has 3 nitrogen and oxygen atoms in total. The third-order valence-corrected chi connectivity index (χ3v) is 2.59. The highest BCUT2D eigenvalue weighted by Gasteiger charge is 2.15. The molecule has 0 aliphatic rings. The molecule has 1 unspecified atom stereocenters. The average molecular weight is 229 g/mol. The van der Waals surface area contributed by atoms with Gasteiger partial charge in [0.2, 0.25) is 15.5 Å². The van der Waals surface area contributed by atoms with Crippen molar-refractivity contribution in [1.82, 2.24) is 0 Å². The first kappa shape index (κ1) is 10.5. The molecule has 0 fully saturated rings. The minimum Gasteiger partial charge on any atom is -0.619 e. The Morgan fingerprint density at radius 3 is 2.10 bits per heavy atom. The van der Waals surface area contributed by atoms with E-state index >= 15 is 0 Å². The predicted molar refractivity (Wildman–Crippen MR) is 45.7 cm³/mol. The van der Waals surface area contributed by atoms with Crippen LogP contribution in [-0.4, -0.2) is 42.8 Å². The first-order valence-corrected chi connectivity index (χ1v) is 6.09. The van der Waals surface area contributed by atoms with Crippen LogP contribution in [0.4, 0.5) is 0 Å². The van der Waals surface area contributed by atoms with Gasteiger partial charge in [-0.25, -0.2) is 0 Å². The number of likely N-dealkylation sites (N-methyl/N-ethyl adjacent to an activating group) is 1. The predicted octanol–water partition coefficient (Wildman–Crippen LogP) is 0.262. The summed E-state index contributed by atoms with van der Waals surface area (Å²) in [5.41, 5.74) is 0.0162. The molecule has 0 aliphatic heterocycles. The lowest BCUT2D eigenvalue weighted by atomic mass is 10.5. The lowest BCUT2D eigenvalue weighted by molar-refractivity contribution is -0.861. The van der Waals surface area contributed by atoms with Crippen molar-refractivity contribution in [1.29, 1.82) is 0 Å². The van der Waals surface area contributed by atoms with E-state index in [0.717, 1.165) is 0 Å². The summed E-state index contributed by atoms with van der Waals surface area (Å²) in [7, 11) is 5.76. The molecule has 0 saturated carbocycles. The lowest BCUT2D eigenvalue weighted by Crippen LogP contribution is -2.39. The highest BCUT2D eigenvalue weighted by atomic mass is 79.9. The van der Waals surface area contributed by atoms with Gasteiger partial charge in [-0.1, -0.05) is 0 Å². The van der Waals surface area contributed by atoms with Crippen molar-refractivity contribution in [3.8, 4) is 0 Å². The van der Waals surface area contributed by atoms with E-state index in [1.807, 2.05) is 21.1 Å². The number of quaternary nitrogens is 1. The molecule has 10 heavy (non-hydrogen) atoms.